The van der Waals surface area contributed by atoms with Crippen molar-refractivity contribution in [2.45, 2.75) is 79.1 Å². The topological polar surface area (TPSA) is 149 Å². The average Bonchev–Trinajstić information content (AvgIpc) is 3.77. The van der Waals surface area contributed by atoms with E-state index in [4.69, 9.17) is 10.2 Å². The monoisotopic (exact) mass is 558 g/mol. The third-order valence-corrected chi connectivity index (χ3v) is 7.10. The van der Waals surface area contributed by atoms with Gasteiger partial charge in [-0.05, 0) is 35.8 Å². The van der Waals surface area contributed by atoms with Crippen LogP contribution in [-0.2, 0) is 23.9 Å². The standard InChI is InChI=1S/C14H18O4.C14H16O3.C3H6.CH4.H2O/c1-9(11-6-4-3-5-7-11)8-12(14(17)18)10(2)13(15)16;1-9(11-6-4-3-5-7-11)8-12-10(2)13(15)17-14(12)16;1-2-3-1;;/h3-7,9-10,12H,8H2,1-2H3,(H,15,16)(H,17,18);3-7,9-10,12H,8H2,1-2H3;1-3H2;1H4;1H2. The van der Waals surface area contributed by atoms with Gasteiger partial charge in [0.15, 0.2) is 0 Å². The van der Waals surface area contributed by atoms with Gasteiger partial charge in [-0.1, -0.05) is 115 Å². The van der Waals surface area contributed by atoms with Crippen molar-refractivity contribution in [3.05, 3.63) is 71.8 Å². The minimum atomic E-state index is -1.07. The second-order valence-electron chi connectivity index (χ2n) is 10.4. The Morgan fingerprint density at radius 1 is 0.800 bits per heavy atom. The second-order valence-corrected chi connectivity index (χ2v) is 10.4. The van der Waals surface area contributed by atoms with E-state index in [1.807, 2.05) is 67.6 Å². The van der Waals surface area contributed by atoms with E-state index in [9.17, 15) is 19.2 Å². The first-order chi connectivity index (χ1) is 18.0. The van der Waals surface area contributed by atoms with Crippen LogP contribution in [0.4, 0.5) is 0 Å². The molecule has 6 atom stereocenters. The van der Waals surface area contributed by atoms with Gasteiger partial charge in [0.2, 0.25) is 0 Å². The van der Waals surface area contributed by atoms with Crippen LogP contribution in [0.2, 0.25) is 0 Å². The van der Waals surface area contributed by atoms with Crippen molar-refractivity contribution < 1.29 is 39.6 Å². The highest BCUT2D eigenvalue weighted by molar-refractivity contribution is 5.96. The highest BCUT2D eigenvalue weighted by Gasteiger charge is 2.41. The van der Waals surface area contributed by atoms with Gasteiger partial charge in [-0.2, -0.15) is 0 Å². The van der Waals surface area contributed by atoms with Crippen molar-refractivity contribution in [1.82, 2.24) is 0 Å². The van der Waals surface area contributed by atoms with Crippen LogP contribution >= 0.6 is 0 Å². The lowest BCUT2D eigenvalue weighted by molar-refractivity contribution is -0.154. The summed E-state index contributed by atoms with van der Waals surface area (Å²) in [5.41, 5.74) is 2.22. The van der Waals surface area contributed by atoms with Crippen molar-refractivity contribution >= 4 is 23.9 Å². The number of cyclic esters (lactones) is 2. The van der Waals surface area contributed by atoms with Crippen LogP contribution in [-0.4, -0.2) is 39.6 Å². The molecule has 0 amide bonds. The van der Waals surface area contributed by atoms with Gasteiger partial charge < -0.3 is 20.4 Å². The molecule has 6 unspecified atom stereocenters. The molecule has 0 aromatic heterocycles. The Hall–Kier alpha value is -3.52. The fourth-order valence-corrected chi connectivity index (χ4v) is 4.22. The molecule has 8 nitrogen and oxygen atoms in total. The Kier molecular flexibility index (Phi) is 16.4. The van der Waals surface area contributed by atoms with Crippen LogP contribution in [0.5, 0.6) is 0 Å². The van der Waals surface area contributed by atoms with Gasteiger partial charge in [0.05, 0.1) is 23.7 Å². The quantitative estimate of drug-likeness (QED) is 0.279. The lowest BCUT2D eigenvalue weighted by atomic mass is 9.83. The first kappa shape index (κ1) is 36.5. The Morgan fingerprint density at radius 2 is 1.25 bits per heavy atom. The van der Waals surface area contributed by atoms with Crippen molar-refractivity contribution in [3.8, 4) is 0 Å². The summed E-state index contributed by atoms with van der Waals surface area (Å²) in [5, 5.41) is 18.0. The Labute approximate surface area is 238 Å². The van der Waals surface area contributed by atoms with Gasteiger partial charge in [-0.3, -0.25) is 19.2 Å². The maximum atomic E-state index is 11.5. The molecular weight excluding hydrogens is 512 g/mol. The summed E-state index contributed by atoms with van der Waals surface area (Å²) in [6.07, 6.45) is 5.49. The van der Waals surface area contributed by atoms with Crippen molar-refractivity contribution in [2.24, 2.45) is 23.7 Å². The van der Waals surface area contributed by atoms with E-state index in [0.29, 0.717) is 12.8 Å². The van der Waals surface area contributed by atoms with E-state index in [0.717, 1.165) is 5.56 Å². The summed E-state index contributed by atoms with van der Waals surface area (Å²) >= 11 is 0. The minimum absolute atomic E-state index is 0. The summed E-state index contributed by atoms with van der Waals surface area (Å²) in [6, 6.07) is 19.5. The largest absolute Gasteiger partial charge is 0.481 e. The molecule has 222 valence electrons. The van der Waals surface area contributed by atoms with Crippen molar-refractivity contribution in [2.75, 3.05) is 0 Å². The first-order valence-electron chi connectivity index (χ1n) is 13.3. The zero-order valence-corrected chi connectivity index (χ0v) is 23.2. The number of rotatable bonds is 9. The fourth-order valence-electron chi connectivity index (χ4n) is 4.22. The molecule has 4 N–H and O–H groups in total. The van der Waals surface area contributed by atoms with Crippen molar-refractivity contribution in [1.29, 1.82) is 0 Å². The van der Waals surface area contributed by atoms with Gasteiger partial charge in [0, 0.05) is 0 Å². The molecule has 1 saturated heterocycles. The highest BCUT2D eigenvalue weighted by Crippen LogP contribution is 2.33. The summed E-state index contributed by atoms with van der Waals surface area (Å²) in [4.78, 5) is 44.8. The number of carboxylic acids is 2. The van der Waals surface area contributed by atoms with Gasteiger partial charge in [-0.25, -0.2) is 0 Å². The van der Waals surface area contributed by atoms with Gasteiger partial charge in [0.1, 0.15) is 0 Å². The number of ether oxygens (including phenoxy) is 1. The molecule has 1 saturated carbocycles. The van der Waals surface area contributed by atoms with E-state index >= 15 is 0 Å². The molecule has 4 rings (SSSR count). The fraction of sp³-hybridized carbons (Fsp3) is 0.500. The molecule has 2 aliphatic rings. The average molecular weight is 559 g/mol. The molecule has 2 fully saturated rings. The third-order valence-electron chi connectivity index (χ3n) is 7.10. The number of hydrogen-bond donors (Lipinski definition) is 2. The van der Waals surface area contributed by atoms with Crippen LogP contribution in [0, 0.1) is 23.7 Å². The zero-order valence-electron chi connectivity index (χ0n) is 23.2. The maximum absolute atomic E-state index is 11.5. The van der Waals surface area contributed by atoms with Gasteiger partial charge >= 0.3 is 23.9 Å². The predicted octanol–water partition coefficient (Wildman–Crippen LogP) is 6.10. The summed E-state index contributed by atoms with van der Waals surface area (Å²) < 4.78 is 4.64. The molecule has 2 aromatic carbocycles. The van der Waals surface area contributed by atoms with E-state index < -0.39 is 23.8 Å². The number of hydrogen-bond acceptors (Lipinski definition) is 5. The molecule has 1 heterocycles. The second kappa shape index (κ2) is 17.9. The van der Waals surface area contributed by atoms with E-state index in [1.54, 1.807) is 6.92 Å². The van der Waals surface area contributed by atoms with Crippen LogP contribution in [0.1, 0.15) is 90.2 Å². The third kappa shape index (κ3) is 11.7. The molecule has 0 spiro atoms. The molecule has 1 aliphatic carbocycles. The smallest absolute Gasteiger partial charge is 0.317 e. The molecule has 0 radical (unpaired) electrons. The molecule has 40 heavy (non-hydrogen) atoms. The molecular formula is C32H46O8. The highest BCUT2D eigenvalue weighted by atomic mass is 16.6. The zero-order chi connectivity index (χ0) is 28.2. The van der Waals surface area contributed by atoms with Crippen LogP contribution in [0.3, 0.4) is 0 Å². The molecule has 8 heteroatoms. The molecule has 2 aromatic rings. The molecule has 0 bridgehead atoms. The lowest BCUT2D eigenvalue weighted by Gasteiger charge is -2.20. The summed E-state index contributed by atoms with van der Waals surface area (Å²) in [7, 11) is 0. The van der Waals surface area contributed by atoms with Crippen molar-refractivity contribution in [3.63, 3.8) is 0 Å². The number of aliphatic carboxylic acids is 2. The predicted molar refractivity (Wildman–Crippen MR) is 155 cm³/mol. The minimum Gasteiger partial charge on any atom is -0.481 e. The Balaban J connectivity index is 0.000000656. The normalized spacial score (nSPS) is 19.8. The van der Waals surface area contributed by atoms with E-state index in [-0.39, 0.29) is 48.5 Å². The first-order valence-corrected chi connectivity index (χ1v) is 13.3. The summed E-state index contributed by atoms with van der Waals surface area (Å²) in [5.74, 6) is -4.95. The lowest BCUT2D eigenvalue weighted by Crippen LogP contribution is -2.28. The summed E-state index contributed by atoms with van der Waals surface area (Å²) in [6.45, 7) is 7.19. The van der Waals surface area contributed by atoms with Gasteiger partial charge in [-0.15, -0.1) is 0 Å². The molecule has 1 aliphatic heterocycles. The Bertz CT molecular complexity index is 1050. The van der Waals surface area contributed by atoms with Crippen LogP contribution in [0.25, 0.3) is 0 Å². The number of carboxylic acid groups (broad SMARTS) is 2. The maximum Gasteiger partial charge on any atom is 0.317 e. The van der Waals surface area contributed by atoms with Gasteiger partial charge in [0.25, 0.3) is 0 Å². The SMILES string of the molecule is C.C1CC1.CC(CC(C(=O)O)C(C)C(=O)O)c1ccccc1.CC(CC1C(=O)OC(=O)C1C)c1ccccc1.O. The van der Waals surface area contributed by atoms with E-state index in [2.05, 4.69) is 11.7 Å². The Morgan fingerprint density at radius 3 is 1.60 bits per heavy atom. The number of carbonyl (C=O) groups is 4. The van der Waals surface area contributed by atoms with Crippen LogP contribution < -0.4 is 0 Å². The number of esters is 2. The van der Waals surface area contributed by atoms with Crippen LogP contribution in [0.15, 0.2) is 60.7 Å². The number of carbonyl (C=O) groups excluding carboxylic acids is 2. The van der Waals surface area contributed by atoms with E-state index in [1.165, 1.54) is 31.7 Å². The number of benzene rings is 2.